The van der Waals surface area contributed by atoms with E-state index in [0.29, 0.717) is 6.54 Å². The summed E-state index contributed by atoms with van der Waals surface area (Å²) >= 11 is 0. The van der Waals surface area contributed by atoms with Gasteiger partial charge in [0.05, 0.1) is 18.0 Å². The van der Waals surface area contributed by atoms with Crippen molar-refractivity contribution in [3.05, 3.63) is 17.0 Å². The third kappa shape index (κ3) is 3.48. The van der Waals surface area contributed by atoms with Gasteiger partial charge in [-0.2, -0.15) is 9.40 Å². The molecule has 1 aromatic rings. The third-order valence-electron chi connectivity index (χ3n) is 5.35. The zero-order valence-corrected chi connectivity index (χ0v) is 15.2. The normalized spacial score (nSPS) is 18.9. The molecule has 0 amide bonds. The standard InChI is InChI=1S/C17H29N3O2S/c1-3-4-12-23(21,22)20(14-8-5-6-9-14)13-16-15-10-7-11-17(15)19(2)18-16/h14H,3-13H2,1-2H3. The summed E-state index contributed by atoms with van der Waals surface area (Å²) in [7, 11) is -1.20. The molecule has 1 saturated carbocycles. The fourth-order valence-corrected chi connectivity index (χ4v) is 5.94. The number of unbranched alkanes of at least 4 members (excludes halogenated alkanes) is 1. The molecule has 23 heavy (non-hydrogen) atoms. The summed E-state index contributed by atoms with van der Waals surface area (Å²) in [5.74, 6) is 0.273. The molecule has 0 aromatic carbocycles. The molecule has 6 heteroatoms. The lowest BCUT2D eigenvalue weighted by Gasteiger charge is -2.27. The number of aryl methyl sites for hydroxylation is 1. The van der Waals surface area contributed by atoms with Crippen molar-refractivity contribution in [2.45, 2.75) is 77.3 Å². The van der Waals surface area contributed by atoms with Crippen LogP contribution in [0.25, 0.3) is 0 Å². The quantitative estimate of drug-likeness (QED) is 0.767. The first-order chi connectivity index (χ1) is 11.0. The van der Waals surface area contributed by atoms with Gasteiger partial charge in [-0.1, -0.05) is 26.2 Å². The Hall–Kier alpha value is -0.880. The van der Waals surface area contributed by atoms with Gasteiger partial charge >= 0.3 is 0 Å². The van der Waals surface area contributed by atoms with Crippen LogP contribution < -0.4 is 0 Å². The number of aromatic nitrogens is 2. The molecular formula is C17H29N3O2S. The Morgan fingerprint density at radius 3 is 2.65 bits per heavy atom. The topological polar surface area (TPSA) is 55.2 Å². The van der Waals surface area contributed by atoms with Gasteiger partial charge in [0.25, 0.3) is 0 Å². The number of hydrogen-bond donors (Lipinski definition) is 0. The van der Waals surface area contributed by atoms with Gasteiger partial charge in [-0.05, 0) is 44.1 Å². The second-order valence-electron chi connectivity index (χ2n) is 7.00. The molecule has 0 bridgehead atoms. The minimum absolute atomic E-state index is 0.177. The maximum absolute atomic E-state index is 12.9. The van der Waals surface area contributed by atoms with Crippen molar-refractivity contribution in [2.24, 2.45) is 7.05 Å². The van der Waals surface area contributed by atoms with Crippen molar-refractivity contribution in [1.82, 2.24) is 14.1 Å². The molecule has 0 aliphatic heterocycles. The van der Waals surface area contributed by atoms with Crippen molar-refractivity contribution < 1.29 is 8.42 Å². The maximum Gasteiger partial charge on any atom is 0.214 e. The van der Waals surface area contributed by atoms with E-state index < -0.39 is 10.0 Å². The lowest BCUT2D eigenvalue weighted by molar-refractivity contribution is 0.311. The molecule has 0 saturated heterocycles. The van der Waals surface area contributed by atoms with Gasteiger partial charge in [0.2, 0.25) is 10.0 Å². The van der Waals surface area contributed by atoms with E-state index in [4.69, 9.17) is 0 Å². The second kappa shape index (κ2) is 6.93. The fourth-order valence-electron chi connectivity index (χ4n) is 4.06. The zero-order chi connectivity index (χ0) is 16.4. The molecule has 1 aromatic heterocycles. The average molecular weight is 340 g/mol. The Morgan fingerprint density at radius 1 is 1.22 bits per heavy atom. The Morgan fingerprint density at radius 2 is 1.96 bits per heavy atom. The van der Waals surface area contributed by atoms with Crippen molar-refractivity contribution in [1.29, 1.82) is 0 Å². The van der Waals surface area contributed by atoms with E-state index in [1.807, 2.05) is 18.7 Å². The first-order valence-electron chi connectivity index (χ1n) is 9.06. The maximum atomic E-state index is 12.9. The van der Waals surface area contributed by atoms with Crippen LogP contribution in [-0.2, 0) is 36.5 Å². The van der Waals surface area contributed by atoms with Crippen LogP contribution in [0, 0.1) is 0 Å². The molecule has 5 nitrogen and oxygen atoms in total. The number of sulfonamides is 1. The van der Waals surface area contributed by atoms with Crippen LogP contribution in [0.1, 0.15) is 68.8 Å². The van der Waals surface area contributed by atoms with Crippen LogP contribution in [0.4, 0.5) is 0 Å². The highest BCUT2D eigenvalue weighted by Gasteiger charge is 2.33. The smallest absolute Gasteiger partial charge is 0.214 e. The van der Waals surface area contributed by atoms with Crippen LogP contribution in [0.3, 0.4) is 0 Å². The van der Waals surface area contributed by atoms with Gasteiger partial charge in [0.1, 0.15) is 0 Å². The Kier molecular flexibility index (Phi) is 5.11. The zero-order valence-electron chi connectivity index (χ0n) is 14.4. The average Bonchev–Trinajstić information content (AvgIpc) is 3.23. The van der Waals surface area contributed by atoms with E-state index in [0.717, 1.165) is 57.1 Å². The van der Waals surface area contributed by atoms with Crippen LogP contribution in [0.2, 0.25) is 0 Å². The number of rotatable bonds is 7. The van der Waals surface area contributed by atoms with E-state index in [1.165, 1.54) is 17.7 Å². The number of hydrogen-bond acceptors (Lipinski definition) is 3. The highest BCUT2D eigenvalue weighted by Crippen LogP contribution is 2.31. The van der Waals surface area contributed by atoms with E-state index in [-0.39, 0.29) is 11.8 Å². The Bertz CT molecular complexity index is 645. The number of nitrogens with zero attached hydrogens (tertiary/aromatic N) is 3. The SMILES string of the molecule is CCCCS(=O)(=O)N(Cc1nn(C)c2c1CCC2)C1CCCC1. The lowest BCUT2D eigenvalue weighted by Crippen LogP contribution is -2.40. The van der Waals surface area contributed by atoms with E-state index in [2.05, 4.69) is 5.10 Å². The molecule has 1 heterocycles. The predicted octanol–water partition coefficient (Wildman–Crippen LogP) is 2.78. The summed E-state index contributed by atoms with van der Waals surface area (Å²) in [6.45, 7) is 2.51. The van der Waals surface area contributed by atoms with Crippen molar-refractivity contribution in [3.8, 4) is 0 Å². The Labute approximate surface area is 140 Å². The number of fused-ring (bicyclic) bond motifs is 1. The first-order valence-corrected chi connectivity index (χ1v) is 10.7. The summed E-state index contributed by atoms with van der Waals surface area (Å²) in [5, 5.41) is 4.65. The predicted molar refractivity (Wildman–Crippen MR) is 91.7 cm³/mol. The lowest BCUT2D eigenvalue weighted by atomic mass is 10.2. The van der Waals surface area contributed by atoms with Crippen LogP contribution in [-0.4, -0.2) is 34.3 Å². The minimum atomic E-state index is -3.19. The second-order valence-corrected chi connectivity index (χ2v) is 9.04. The highest BCUT2D eigenvalue weighted by molar-refractivity contribution is 7.89. The molecule has 0 unspecified atom stereocenters. The van der Waals surface area contributed by atoms with Crippen molar-refractivity contribution >= 4 is 10.0 Å². The van der Waals surface area contributed by atoms with Gasteiger partial charge in [0, 0.05) is 18.8 Å². The molecule has 0 atom stereocenters. The molecular weight excluding hydrogens is 310 g/mol. The van der Waals surface area contributed by atoms with Crippen molar-refractivity contribution in [3.63, 3.8) is 0 Å². The van der Waals surface area contributed by atoms with Gasteiger partial charge in [0.15, 0.2) is 0 Å². The largest absolute Gasteiger partial charge is 0.272 e. The molecule has 130 valence electrons. The minimum Gasteiger partial charge on any atom is -0.272 e. The highest BCUT2D eigenvalue weighted by atomic mass is 32.2. The van der Waals surface area contributed by atoms with Crippen LogP contribution in [0.15, 0.2) is 0 Å². The van der Waals surface area contributed by atoms with E-state index in [9.17, 15) is 8.42 Å². The molecule has 0 N–H and O–H groups in total. The molecule has 1 fully saturated rings. The Balaban J connectivity index is 1.86. The van der Waals surface area contributed by atoms with E-state index >= 15 is 0 Å². The van der Waals surface area contributed by atoms with Gasteiger partial charge in [-0.25, -0.2) is 8.42 Å². The van der Waals surface area contributed by atoms with Gasteiger partial charge in [-0.3, -0.25) is 4.68 Å². The molecule has 0 spiro atoms. The third-order valence-corrected chi connectivity index (χ3v) is 7.30. The summed E-state index contributed by atoms with van der Waals surface area (Å²) in [6.07, 6.45) is 9.23. The molecule has 3 rings (SSSR count). The van der Waals surface area contributed by atoms with E-state index in [1.54, 1.807) is 4.31 Å². The fraction of sp³-hybridized carbons (Fsp3) is 0.824. The van der Waals surface area contributed by atoms with Crippen LogP contribution in [0.5, 0.6) is 0 Å². The molecule has 2 aliphatic carbocycles. The summed E-state index contributed by atoms with van der Waals surface area (Å²) in [4.78, 5) is 0. The van der Waals surface area contributed by atoms with Gasteiger partial charge in [-0.15, -0.1) is 0 Å². The van der Waals surface area contributed by atoms with Gasteiger partial charge < -0.3 is 0 Å². The summed E-state index contributed by atoms with van der Waals surface area (Å²) in [5.41, 5.74) is 3.60. The summed E-state index contributed by atoms with van der Waals surface area (Å²) in [6, 6.07) is 0.177. The molecule has 0 radical (unpaired) electrons. The van der Waals surface area contributed by atoms with Crippen molar-refractivity contribution in [2.75, 3.05) is 5.75 Å². The first kappa shape index (κ1) is 17.0. The van der Waals surface area contributed by atoms with Crippen LogP contribution >= 0.6 is 0 Å². The monoisotopic (exact) mass is 339 g/mol. The molecule has 2 aliphatic rings. The summed E-state index contributed by atoms with van der Waals surface area (Å²) < 4.78 is 29.5.